The first-order valence-corrected chi connectivity index (χ1v) is 9.06. The summed E-state index contributed by atoms with van der Waals surface area (Å²) in [6.45, 7) is 7.68. The lowest BCUT2D eigenvalue weighted by molar-refractivity contribution is -0.385. The summed E-state index contributed by atoms with van der Waals surface area (Å²) in [4.78, 5) is 29.2. The van der Waals surface area contributed by atoms with Crippen molar-refractivity contribution in [3.8, 4) is 0 Å². The lowest BCUT2D eigenvalue weighted by Gasteiger charge is -2.20. The fourth-order valence-corrected chi connectivity index (χ4v) is 3.05. The van der Waals surface area contributed by atoms with Crippen molar-refractivity contribution in [3.63, 3.8) is 0 Å². The van der Waals surface area contributed by atoms with E-state index in [-0.39, 0.29) is 17.3 Å². The van der Waals surface area contributed by atoms with Crippen LogP contribution < -0.4 is 4.90 Å². The number of rotatable bonds is 6. The lowest BCUT2D eigenvalue weighted by atomic mass is 10.1. The summed E-state index contributed by atoms with van der Waals surface area (Å²) >= 11 is 0. The summed E-state index contributed by atoms with van der Waals surface area (Å²) in [5, 5.41) is 10.9. The highest BCUT2D eigenvalue weighted by Crippen LogP contribution is 2.24. The third kappa shape index (κ3) is 3.93. The molecule has 7 nitrogen and oxygen atoms in total. The summed E-state index contributed by atoms with van der Waals surface area (Å²) in [6.07, 6.45) is 1.67. The number of esters is 1. The second kappa shape index (κ2) is 8.04. The number of carbonyl (C=O) groups excluding carboxylic acids is 1. The molecular formula is C21H21N3O4. The van der Waals surface area contributed by atoms with E-state index in [0.717, 1.165) is 24.3 Å². The molecule has 0 unspecified atom stereocenters. The number of nitro groups is 1. The summed E-state index contributed by atoms with van der Waals surface area (Å²) in [7, 11) is 0. The maximum absolute atomic E-state index is 12.2. The van der Waals surface area contributed by atoms with Crippen LogP contribution in [0.3, 0.4) is 0 Å². The van der Waals surface area contributed by atoms with Gasteiger partial charge in [-0.1, -0.05) is 12.1 Å². The number of nitro benzene ring substituents is 1. The monoisotopic (exact) mass is 379 g/mol. The minimum absolute atomic E-state index is 0.0118. The van der Waals surface area contributed by atoms with Gasteiger partial charge in [-0.05, 0) is 56.7 Å². The molecule has 2 aromatic carbocycles. The van der Waals surface area contributed by atoms with Crippen molar-refractivity contribution in [1.82, 2.24) is 0 Å². The smallest absolute Gasteiger partial charge is 0.363 e. The van der Waals surface area contributed by atoms with E-state index in [2.05, 4.69) is 23.7 Å². The summed E-state index contributed by atoms with van der Waals surface area (Å²) in [6, 6.07) is 12.4. The number of aliphatic imine (C=N–C) groups is 1. The van der Waals surface area contributed by atoms with Gasteiger partial charge < -0.3 is 9.64 Å². The van der Waals surface area contributed by atoms with E-state index in [1.807, 2.05) is 24.3 Å². The molecule has 7 heteroatoms. The van der Waals surface area contributed by atoms with Crippen LogP contribution in [0, 0.1) is 17.0 Å². The van der Waals surface area contributed by atoms with Gasteiger partial charge in [-0.25, -0.2) is 9.79 Å². The SMILES string of the molecule is CCN(CC)c1ccc(/C=C2\N=C(c3ccc([N+](=O)[O-])c(C)c3)OC2=O)cc1. The average molecular weight is 379 g/mol. The van der Waals surface area contributed by atoms with Crippen LogP contribution in [0.4, 0.5) is 11.4 Å². The van der Waals surface area contributed by atoms with E-state index in [0.29, 0.717) is 11.1 Å². The normalized spacial score (nSPS) is 14.8. The van der Waals surface area contributed by atoms with Gasteiger partial charge in [0.25, 0.3) is 5.69 Å². The van der Waals surface area contributed by atoms with Crippen LogP contribution in [-0.4, -0.2) is 29.9 Å². The predicted molar refractivity (Wildman–Crippen MR) is 108 cm³/mol. The molecular weight excluding hydrogens is 358 g/mol. The van der Waals surface area contributed by atoms with E-state index >= 15 is 0 Å². The van der Waals surface area contributed by atoms with Crippen LogP contribution in [-0.2, 0) is 9.53 Å². The highest BCUT2D eigenvalue weighted by molar-refractivity contribution is 6.13. The first-order chi connectivity index (χ1) is 13.4. The minimum atomic E-state index is -0.543. The molecule has 0 bridgehead atoms. The molecule has 1 aliphatic heterocycles. The third-order valence-corrected chi connectivity index (χ3v) is 4.59. The minimum Gasteiger partial charge on any atom is -0.402 e. The number of benzene rings is 2. The number of nitrogens with zero attached hydrogens (tertiary/aromatic N) is 3. The predicted octanol–water partition coefficient (Wildman–Crippen LogP) is 4.09. The van der Waals surface area contributed by atoms with Crippen LogP contribution in [0.1, 0.15) is 30.5 Å². The zero-order chi connectivity index (χ0) is 20.3. The molecule has 0 N–H and O–H groups in total. The first kappa shape index (κ1) is 19.3. The van der Waals surface area contributed by atoms with E-state index in [1.54, 1.807) is 19.1 Å². The molecule has 0 spiro atoms. The Hall–Kier alpha value is -3.48. The molecule has 0 saturated carbocycles. The Balaban J connectivity index is 1.85. The van der Waals surface area contributed by atoms with Crippen molar-refractivity contribution in [3.05, 3.63) is 75.0 Å². The van der Waals surface area contributed by atoms with Crippen molar-refractivity contribution in [1.29, 1.82) is 0 Å². The van der Waals surface area contributed by atoms with Crippen LogP contribution in [0.15, 0.2) is 53.2 Å². The number of hydrogen-bond acceptors (Lipinski definition) is 6. The van der Waals surface area contributed by atoms with E-state index < -0.39 is 10.9 Å². The number of hydrogen-bond donors (Lipinski definition) is 0. The Morgan fingerprint density at radius 2 is 1.82 bits per heavy atom. The van der Waals surface area contributed by atoms with Gasteiger partial charge in [0.1, 0.15) is 0 Å². The van der Waals surface area contributed by atoms with Crippen molar-refractivity contribution in [2.45, 2.75) is 20.8 Å². The topological polar surface area (TPSA) is 85.0 Å². The number of anilines is 1. The van der Waals surface area contributed by atoms with Crippen LogP contribution >= 0.6 is 0 Å². The van der Waals surface area contributed by atoms with Crippen LogP contribution in [0.5, 0.6) is 0 Å². The molecule has 0 saturated heterocycles. The molecule has 0 fully saturated rings. The molecule has 144 valence electrons. The van der Waals surface area contributed by atoms with E-state index in [9.17, 15) is 14.9 Å². The number of cyclic esters (lactones) is 1. The van der Waals surface area contributed by atoms with Gasteiger partial charge in [0.05, 0.1) is 4.92 Å². The zero-order valence-electron chi connectivity index (χ0n) is 16.0. The fourth-order valence-electron chi connectivity index (χ4n) is 3.05. The Labute approximate surface area is 163 Å². The van der Waals surface area contributed by atoms with Crippen molar-refractivity contribution in [2.24, 2.45) is 4.99 Å². The van der Waals surface area contributed by atoms with Crippen molar-refractivity contribution < 1.29 is 14.5 Å². The Morgan fingerprint density at radius 3 is 2.39 bits per heavy atom. The molecule has 1 heterocycles. The van der Waals surface area contributed by atoms with Gasteiger partial charge >= 0.3 is 5.97 Å². The maximum Gasteiger partial charge on any atom is 0.363 e. The number of carbonyl (C=O) groups is 1. The summed E-state index contributed by atoms with van der Waals surface area (Å²) in [5.74, 6) is -0.396. The zero-order valence-corrected chi connectivity index (χ0v) is 16.0. The van der Waals surface area contributed by atoms with Gasteiger partial charge in [-0.15, -0.1) is 0 Å². The second-order valence-electron chi connectivity index (χ2n) is 6.36. The fraction of sp³-hybridized carbons (Fsp3) is 0.238. The van der Waals surface area contributed by atoms with Crippen molar-refractivity contribution >= 4 is 29.3 Å². The van der Waals surface area contributed by atoms with Crippen LogP contribution in [0.2, 0.25) is 0 Å². The molecule has 0 atom stereocenters. The maximum atomic E-state index is 12.2. The van der Waals surface area contributed by atoms with Crippen molar-refractivity contribution in [2.75, 3.05) is 18.0 Å². The number of ether oxygens (including phenoxy) is 1. The Bertz CT molecular complexity index is 974. The molecule has 28 heavy (non-hydrogen) atoms. The van der Waals surface area contributed by atoms with Gasteiger partial charge in [0.15, 0.2) is 5.70 Å². The standard InChI is InChI=1S/C21H21N3O4/c1-4-23(5-2)17-9-6-15(7-10-17)13-18-21(25)28-20(22-18)16-8-11-19(24(26)27)14(3)12-16/h6-13H,4-5H2,1-3H3/b18-13-. The molecule has 0 amide bonds. The highest BCUT2D eigenvalue weighted by atomic mass is 16.6. The summed E-state index contributed by atoms with van der Waals surface area (Å²) in [5.41, 5.74) is 3.17. The Kier molecular flexibility index (Phi) is 5.54. The number of aryl methyl sites for hydroxylation is 1. The Morgan fingerprint density at radius 1 is 1.14 bits per heavy atom. The summed E-state index contributed by atoms with van der Waals surface area (Å²) < 4.78 is 5.25. The molecule has 0 aromatic heterocycles. The van der Waals surface area contributed by atoms with Gasteiger partial charge in [0.2, 0.25) is 5.90 Å². The van der Waals surface area contributed by atoms with Gasteiger partial charge in [-0.2, -0.15) is 0 Å². The largest absolute Gasteiger partial charge is 0.402 e. The lowest BCUT2D eigenvalue weighted by Crippen LogP contribution is -2.21. The highest BCUT2D eigenvalue weighted by Gasteiger charge is 2.25. The second-order valence-corrected chi connectivity index (χ2v) is 6.36. The van der Waals surface area contributed by atoms with E-state index in [4.69, 9.17) is 4.74 Å². The molecule has 0 aliphatic carbocycles. The molecule has 2 aromatic rings. The van der Waals surface area contributed by atoms with Crippen LogP contribution in [0.25, 0.3) is 6.08 Å². The van der Waals surface area contributed by atoms with Gasteiger partial charge in [-0.3, -0.25) is 10.1 Å². The molecule has 0 radical (unpaired) electrons. The average Bonchev–Trinajstić information content (AvgIpc) is 3.04. The first-order valence-electron chi connectivity index (χ1n) is 9.06. The van der Waals surface area contributed by atoms with E-state index in [1.165, 1.54) is 12.1 Å². The molecule has 3 rings (SSSR count). The third-order valence-electron chi connectivity index (χ3n) is 4.59. The molecule has 1 aliphatic rings. The van der Waals surface area contributed by atoms with Gasteiger partial charge in [0, 0.05) is 36.0 Å². The quantitative estimate of drug-likeness (QED) is 0.327.